The van der Waals surface area contributed by atoms with Crippen LogP contribution in [0.1, 0.15) is 51.9 Å². The standard InChI is InChI=1S/C18H25NO4/c1-3-16(20)23-13-7-5-12(6-8-13)19-17(21)14-9-4-11(2)10-15(14)18(19)22/h3,11-15H,1,4-10H2,2H3. The summed E-state index contributed by atoms with van der Waals surface area (Å²) >= 11 is 0. The molecule has 1 heterocycles. The molecule has 2 aliphatic carbocycles. The molecule has 1 saturated heterocycles. The van der Waals surface area contributed by atoms with Gasteiger partial charge >= 0.3 is 5.97 Å². The van der Waals surface area contributed by atoms with E-state index in [1.807, 2.05) is 0 Å². The van der Waals surface area contributed by atoms with Gasteiger partial charge in [0, 0.05) is 12.1 Å². The molecule has 5 heteroatoms. The molecule has 0 N–H and O–H groups in total. The van der Waals surface area contributed by atoms with E-state index in [1.165, 1.54) is 6.08 Å². The minimum Gasteiger partial charge on any atom is -0.459 e. The summed E-state index contributed by atoms with van der Waals surface area (Å²) in [4.78, 5) is 38.2. The van der Waals surface area contributed by atoms with Crippen molar-refractivity contribution in [3.05, 3.63) is 12.7 Å². The zero-order valence-corrected chi connectivity index (χ0v) is 13.7. The van der Waals surface area contributed by atoms with Crippen molar-refractivity contribution in [3.8, 4) is 0 Å². The molecule has 3 unspecified atom stereocenters. The average molecular weight is 319 g/mol. The van der Waals surface area contributed by atoms with Gasteiger partial charge in [-0.15, -0.1) is 0 Å². The van der Waals surface area contributed by atoms with E-state index in [2.05, 4.69) is 13.5 Å². The molecule has 2 amide bonds. The van der Waals surface area contributed by atoms with Crippen LogP contribution in [-0.4, -0.2) is 34.8 Å². The summed E-state index contributed by atoms with van der Waals surface area (Å²) < 4.78 is 5.27. The molecule has 0 radical (unpaired) electrons. The Morgan fingerprint density at radius 2 is 1.74 bits per heavy atom. The Morgan fingerprint density at radius 1 is 1.09 bits per heavy atom. The topological polar surface area (TPSA) is 63.7 Å². The summed E-state index contributed by atoms with van der Waals surface area (Å²) in [5, 5.41) is 0. The van der Waals surface area contributed by atoms with Crippen LogP contribution in [0.4, 0.5) is 0 Å². The highest BCUT2D eigenvalue weighted by Gasteiger charge is 2.51. The van der Waals surface area contributed by atoms with Gasteiger partial charge in [-0.1, -0.05) is 13.5 Å². The minimum absolute atomic E-state index is 0.0189. The highest BCUT2D eigenvalue weighted by Crippen LogP contribution is 2.42. The third-order valence-corrected chi connectivity index (χ3v) is 5.68. The lowest BCUT2D eigenvalue weighted by Crippen LogP contribution is -2.43. The molecule has 23 heavy (non-hydrogen) atoms. The number of carbonyl (C=O) groups excluding carboxylic acids is 3. The average Bonchev–Trinajstić information content (AvgIpc) is 2.79. The van der Waals surface area contributed by atoms with Gasteiger partial charge in [-0.05, 0) is 50.9 Å². The molecule has 0 spiro atoms. The number of esters is 1. The fourth-order valence-corrected chi connectivity index (χ4v) is 4.41. The molecular weight excluding hydrogens is 294 g/mol. The summed E-state index contributed by atoms with van der Waals surface area (Å²) in [7, 11) is 0. The molecule has 3 aliphatic rings. The van der Waals surface area contributed by atoms with Crippen LogP contribution in [0.25, 0.3) is 0 Å². The van der Waals surface area contributed by atoms with Gasteiger partial charge in [0.05, 0.1) is 11.8 Å². The Balaban J connectivity index is 1.62. The van der Waals surface area contributed by atoms with Crippen LogP contribution in [0.5, 0.6) is 0 Å². The summed E-state index contributed by atoms with van der Waals surface area (Å²) in [6.07, 6.45) is 6.64. The quantitative estimate of drug-likeness (QED) is 0.455. The van der Waals surface area contributed by atoms with Crippen LogP contribution < -0.4 is 0 Å². The highest BCUT2D eigenvalue weighted by molar-refractivity contribution is 6.05. The second-order valence-electron chi connectivity index (χ2n) is 7.25. The van der Waals surface area contributed by atoms with Crippen molar-refractivity contribution >= 4 is 17.8 Å². The third-order valence-electron chi connectivity index (χ3n) is 5.68. The summed E-state index contributed by atoms with van der Waals surface area (Å²) in [5.41, 5.74) is 0. The van der Waals surface area contributed by atoms with Crippen molar-refractivity contribution in [2.75, 3.05) is 0 Å². The SMILES string of the molecule is C=CC(=O)OC1CCC(N2C(=O)C3CCC(C)CC3C2=O)CC1. The van der Waals surface area contributed by atoms with Gasteiger partial charge in [-0.2, -0.15) is 0 Å². The highest BCUT2D eigenvalue weighted by atomic mass is 16.5. The summed E-state index contributed by atoms with van der Waals surface area (Å²) in [6.45, 7) is 5.56. The van der Waals surface area contributed by atoms with Gasteiger partial charge in [0.1, 0.15) is 6.10 Å². The predicted octanol–water partition coefficient (Wildman–Crippen LogP) is 2.45. The monoisotopic (exact) mass is 319 g/mol. The molecule has 5 nitrogen and oxygen atoms in total. The molecular formula is C18H25NO4. The van der Waals surface area contributed by atoms with Crippen LogP contribution in [0.15, 0.2) is 12.7 Å². The Bertz CT molecular complexity index is 521. The van der Waals surface area contributed by atoms with Crippen molar-refractivity contribution in [1.82, 2.24) is 4.90 Å². The summed E-state index contributed by atoms with van der Waals surface area (Å²) in [5.74, 6) is 0.0258. The van der Waals surface area contributed by atoms with Crippen LogP contribution in [0, 0.1) is 17.8 Å². The van der Waals surface area contributed by atoms with Crippen LogP contribution in [-0.2, 0) is 19.1 Å². The first kappa shape index (κ1) is 16.2. The predicted molar refractivity (Wildman–Crippen MR) is 84.2 cm³/mol. The normalized spacial score (nSPS) is 37.4. The molecule has 0 aromatic rings. The van der Waals surface area contributed by atoms with E-state index >= 15 is 0 Å². The Labute approximate surface area is 137 Å². The molecule has 3 atom stereocenters. The maximum Gasteiger partial charge on any atom is 0.330 e. The van der Waals surface area contributed by atoms with E-state index < -0.39 is 5.97 Å². The number of ether oxygens (including phenoxy) is 1. The van der Waals surface area contributed by atoms with Crippen LogP contribution >= 0.6 is 0 Å². The van der Waals surface area contributed by atoms with Crippen molar-refractivity contribution in [2.24, 2.45) is 17.8 Å². The van der Waals surface area contributed by atoms with Gasteiger partial charge in [-0.3, -0.25) is 14.5 Å². The number of hydrogen-bond donors (Lipinski definition) is 0. The minimum atomic E-state index is -0.401. The number of amides is 2. The Kier molecular flexibility index (Phi) is 4.55. The lowest BCUT2D eigenvalue weighted by atomic mass is 9.76. The smallest absolute Gasteiger partial charge is 0.330 e. The number of fused-ring (bicyclic) bond motifs is 1. The van der Waals surface area contributed by atoms with E-state index in [0.717, 1.165) is 32.1 Å². The van der Waals surface area contributed by atoms with Gasteiger partial charge in [0.2, 0.25) is 11.8 Å². The first-order valence-corrected chi connectivity index (χ1v) is 8.71. The maximum atomic E-state index is 12.7. The fourth-order valence-electron chi connectivity index (χ4n) is 4.41. The molecule has 0 aromatic heterocycles. The number of likely N-dealkylation sites (tertiary alicyclic amines) is 1. The largest absolute Gasteiger partial charge is 0.459 e. The zero-order valence-electron chi connectivity index (χ0n) is 13.7. The second-order valence-corrected chi connectivity index (χ2v) is 7.25. The van der Waals surface area contributed by atoms with Crippen molar-refractivity contribution in [1.29, 1.82) is 0 Å². The van der Waals surface area contributed by atoms with Gasteiger partial charge in [0.25, 0.3) is 0 Å². The number of rotatable bonds is 3. The van der Waals surface area contributed by atoms with Crippen molar-refractivity contribution < 1.29 is 19.1 Å². The third kappa shape index (κ3) is 3.06. The first-order valence-electron chi connectivity index (χ1n) is 8.71. The van der Waals surface area contributed by atoms with Gasteiger partial charge < -0.3 is 4.74 Å². The summed E-state index contributed by atoms with van der Waals surface area (Å²) in [6, 6.07) is -0.0189. The second kappa shape index (κ2) is 6.46. The van der Waals surface area contributed by atoms with Gasteiger partial charge in [0.15, 0.2) is 0 Å². The molecule has 126 valence electrons. The Hall–Kier alpha value is -1.65. The number of carbonyl (C=O) groups is 3. The van der Waals surface area contributed by atoms with Crippen LogP contribution in [0.2, 0.25) is 0 Å². The van der Waals surface area contributed by atoms with Crippen molar-refractivity contribution in [3.63, 3.8) is 0 Å². The number of nitrogens with zero attached hydrogens (tertiary/aromatic N) is 1. The molecule has 3 rings (SSSR count). The lowest BCUT2D eigenvalue weighted by molar-refractivity contribution is -0.149. The molecule has 0 bridgehead atoms. The van der Waals surface area contributed by atoms with E-state index in [0.29, 0.717) is 18.8 Å². The first-order chi connectivity index (χ1) is 11.0. The fraction of sp³-hybridized carbons (Fsp3) is 0.722. The molecule has 0 aromatic carbocycles. The van der Waals surface area contributed by atoms with Gasteiger partial charge in [-0.25, -0.2) is 4.79 Å². The van der Waals surface area contributed by atoms with E-state index in [-0.39, 0.29) is 35.8 Å². The Morgan fingerprint density at radius 3 is 2.39 bits per heavy atom. The molecule has 1 aliphatic heterocycles. The number of imide groups is 1. The van der Waals surface area contributed by atoms with E-state index in [1.54, 1.807) is 4.90 Å². The molecule has 2 saturated carbocycles. The maximum absolute atomic E-state index is 12.7. The van der Waals surface area contributed by atoms with Crippen LogP contribution in [0.3, 0.4) is 0 Å². The van der Waals surface area contributed by atoms with E-state index in [9.17, 15) is 14.4 Å². The zero-order chi connectivity index (χ0) is 16.6. The van der Waals surface area contributed by atoms with Crippen molar-refractivity contribution in [2.45, 2.75) is 64.0 Å². The lowest BCUT2D eigenvalue weighted by Gasteiger charge is -2.33. The number of hydrogen-bond acceptors (Lipinski definition) is 4. The molecule has 3 fully saturated rings. The van der Waals surface area contributed by atoms with E-state index in [4.69, 9.17) is 4.74 Å².